The molecule has 8 nitrogen and oxygen atoms in total. The lowest BCUT2D eigenvalue weighted by Gasteiger charge is -2.13. The molecule has 1 fully saturated rings. The number of alkyl halides is 1. The molecule has 1 aliphatic rings. The zero-order valence-corrected chi connectivity index (χ0v) is 17.1. The second kappa shape index (κ2) is 8.55. The van der Waals surface area contributed by atoms with E-state index in [0.29, 0.717) is 29.2 Å². The van der Waals surface area contributed by atoms with E-state index in [0.717, 1.165) is 11.3 Å². The number of ketones is 1. The third kappa shape index (κ3) is 4.55. The van der Waals surface area contributed by atoms with Crippen LogP contribution in [-0.4, -0.2) is 37.8 Å². The highest BCUT2D eigenvalue weighted by Crippen LogP contribution is 2.35. The molecule has 0 aliphatic heterocycles. The van der Waals surface area contributed by atoms with Gasteiger partial charge in [0.05, 0.1) is 29.2 Å². The van der Waals surface area contributed by atoms with Crippen molar-refractivity contribution in [3.05, 3.63) is 54.2 Å². The molecule has 1 saturated carbocycles. The standard InChI is InChI=1S/C22H21FN6O2/c1-3-19(30)16-7-12(2)18(10-25-16)28-15-5-4-6-24-21(15)17-9-20(27-11-26-17)29-22(31)13-8-14(13)23/h4-7,9-11,13-14,28H,3,8H2,1-2H3,(H,26,27,29,31)/t13-,14+/m0/s1. The SMILES string of the molecule is CCC(=O)c1cc(C)c(Nc2cccnc2-c2cc(NC(=O)[C@H]3C[C@H]3F)ncn2)cn1. The van der Waals surface area contributed by atoms with Gasteiger partial charge in [-0.3, -0.25) is 19.6 Å². The van der Waals surface area contributed by atoms with Gasteiger partial charge in [-0.25, -0.2) is 14.4 Å². The van der Waals surface area contributed by atoms with Crippen LogP contribution in [0.4, 0.5) is 21.6 Å². The van der Waals surface area contributed by atoms with E-state index in [1.807, 2.05) is 13.0 Å². The Balaban J connectivity index is 1.59. The number of amides is 1. The summed E-state index contributed by atoms with van der Waals surface area (Å²) in [6.07, 6.45) is 4.13. The van der Waals surface area contributed by atoms with E-state index >= 15 is 0 Å². The number of hydrogen-bond donors (Lipinski definition) is 2. The van der Waals surface area contributed by atoms with E-state index in [-0.39, 0.29) is 23.9 Å². The number of pyridine rings is 2. The van der Waals surface area contributed by atoms with Crippen LogP contribution in [0.3, 0.4) is 0 Å². The minimum atomic E-state index is -1.08. The van der Waals surface area contributed by atoms with Crippen LogP contribution in [0.25, 0.3) is 11.4 Å². The molecule has 0 saturated heterocycles. The molecule has 3 aromatic rings. The van der Waals surface area contributed by atoms with Crippen LogP contribution >= 0.6 is 0 Å². The van der Waals surface area contributed by atoms with Crippen molar-refractivity contribution in [1.82, 2.24) is 19.9 Å². The molecule has 0 unspecified atom stereocenters. The number of nitrogens with zero attached hydrogens (tertiary/aromatic N) is 4. The minimum absolute atomic E-state index is 0.0162. The first-order valence-electron chi connectivity index (χ1n) is 9.95. The molecule has 2 N–H and O–H groups in total. The van der Waals surface area contributed by atoms with Crippen LogP contribution in [0.15, 0.2) is 43.0 Å². The van der Waals surface area contributed by atoms with Crippen LogP contribution < -0.4 is 10.6 Å². The average Bonchev–Trinajstić information content (AvgIpc) is 3.52. The first-order valence-corrected chi connectivity index (χ1v) is 9.95. The average molecular weight is 420 g/mol. The van der Waals surface area contributed by atoms with E-state index in [9.17, 15) is 14.0 Å². The molecular formula is C22H21FN6O2. The molecular weight excluding hydrogens is 399 g/mol. The minimum Gasteiger partial charge on any atom is -0.352 e. The van der Waals surface area contributed by atoms with Crippen molar-refractivity contribution in [3.8, 4) is 11.4 Å². The Morgan fingerprint density at radius 3 is 2.68 bits per heavy atom. The first kappa shape index (κ1) is 20.5. The second-order valence-corrected chi connectivity index (χ2v) is 7.32. The van der Waals surface area contributed by atoms with Crippen LogP contribution in [0.5, 0.6) is 0 Å². The Morgan fingerprint density at radius 1 is 1.16 bits per heavy atom. The summed E-state index contributed by atoms with van der Waals surface area (Å²) in [4.78, 5) is 40.9. The maximum absolute atomic E-state index is 13.1. The smallest absolute Gasteiger partial charge is 0.231 e. The quantitative estimate of drug-likeness (QED) is 0.558. The summed E-state index contributed by atoms with van der Waals surface area (Å²) >= 11 is 0. The Kier molecular flexibility index (Phi) is 5.66. The first-order chi connectivity index (χ1) is 15.0. The number of anilines is 3. The number of carbonyl (C=O) groups is 2. The van der Waals surface area contributed by atoms with Crippen LogP contribution in [0, 0.1) is 12.8 Å². The van der Waals surface area contributed by atoms with E-state index in [4.69, 9.17) is 0 Å². The molecule has 0 aromatic carbocycles. The van der Waals surface area contributed by atoms with Crippen molar-refractivity contribution >= 4 is 28.9 Å². The van der Waals surface area contributed by atoms with Gasteiger partial charge in [0.25, 0.3) is 0 Å². The van der Waals surface area contributed by atoms with Crippen molar-refractivity contribution in [2.45, 2.75) is 32.9 Å². The number of nitrogens with one attached hydrogen (secondary N) is 2. The molecule has 158 valence electrons. The van der Waals surface area contributed by atoms with Gasteiger partial charge in [0.1, 0.15) is 29.7 Å². The zero-order valence-electron chi connectivity index (χ0n) is 17.1. The molecule has 1 amide bonds. The Bertz CT molecular complexity index is 1150. The fraction of sp³-hybridized carbons (Fsp3) is 0.273. The lowest BCUT2D eigenvalue weighted by Crippen LogP contribution is -2.16. The molecule has 1 aliphatic carbocycles. The molecule has 0 bridgehead atoms. The lowest BCUT2D eigenvalue weighted by atomic mass is 10.1. The third-order valence-corrected chi connectivity index (χ3v) is 5.00. The number of Topliss-reactive ketones (excluding diaryl/α,β-unsaturated/α-hetero) is 1. The van der Waals surface area contributed by atoms with Crippen molar-refractivity contribution in [2.24, 2.45) is 5.92 Å². The van der Waals surface area contributed by atoms with Crippen molar-refractivity contribution in [3.63, 3.8) is 0 Å². The molecule has 0 spiro atoms. The molecule has 0 radical (unpaired) electrons. The second-order valence-electron chi connectivity index (χ2n) is 7.32. The number of hydrogen-bond acceptors (Lipinski definition) is 7. The Morgan fingerprint density at radius 2 is 1.97 bits per heavy atom. The predicted octanol–water partition coefficient (Wildman–Crippen LogP) is 3.87. The van der Waals surface area contributed by atoms with Crippen molar-refractivity contribution < 1.29 is 14.0 Å². The van der Waals surface area contributed by atoms with Gasteiger partial charge >= 0.3 is 0 Å². The molecule has 9 heteroatoms. The lowest BCUT2D eigenvalue weighted by molar-refractivity contribution is -0.117. The topological polar surface area (TPSA) is 110 Å². The van der Waals surface area contributed by atoms with E-state index < -0.39 is 12.1 Å². The summed E-state index contributed by atoms with van der Waals surface area (Å²) in [6, 6.07) is 6.96. The summed E-state index contributed by atoms with van der Waals surface area (Å²) in [6.45, 7) is 3.69. The van der Waals surface area contributed by atoms with E-state index in [1.54, 1.807) is 37.5 Å². The number of aryl methyl sites for hydroxylation is 1. The maximum Gasteiger partial charge on any atom is 0.231 e. The third-order valence-electron chi connectivity index (χ3n) is 5.00. The summed E-state index contributed by atoms with van der Waals surface area (Å²) in [5.41, 5.74) is 3.73. The van der Waals surface area contributed by atoms with Gasteiger partial charge in [0.2, 0.25) is 5.91 Å². The van der Waals surface area contributed by atoms with E-state index in [2.05, 4.69) is 30.6 Å². The fourth-order valence-corrected chi connectivity index (χ4v) is 3.09. The summed E-state index contributed by atoms with van der Waals surface area (Å²) in [5.74, 6) is -0.730. The van der Waals surface area contributed by atoms with Crippen LogP contribution in [0.1, 0.15) is 35.8 Å². The van der Waals surface area contributed by atoms with Crippen LogP contribution in [-0.2, 0) is 4.79 Å². The van der Waals surface area contributed by atoms with Gasteiger partial charge in [0.15, 0.2) is 5.78 Å². The number of rotatable bonds is 7. The fourth-order valence-electron chi connectivity index (χ4n) is 3.09. The molecule has 31 heavy (non-hydrogen) atoms. The maximum atomic E-state index is 13.1. The Hall–Kier alpha value is -3.75. The van der Waals surface area contributed by atoms with Gasteiger partial charge in [-0.05, 0) is 37.1 Å². The highest BCUT2D eigenvalue weighted by Gasteiger charge is 2.43. The monoisotopic (exact) mass is 420 g/mol. The Labute approximate surface area is 178 Å². The summed E-state index contributed by atoms with van der Waals surface area (Å²) in [7, 11) is 0. The highest BCUT2D eigenvalue weighted by atomic mass is 19.1. The molecule has 4 rings (SSSR count). The molecule has 3 heterocycles. The predicted molar refractivity (Wildman–Crippen MR) is 114 cm³/mol. The van der Waals surface area contributed by atoms with Crippen molar-refractivity contribution in [1.29, 1.82) is 0 Å². The number of carbonyl (C=O) groups excluding carboxylic acids is 2. The van der Waals surface area contributed by atoms with Gasteiger partial charge < -0.3 is 10.6 Å². The largest absolute Gasteiger partial charge is 0.352 e. The summed E-state index contributed by atoms with van der Waals surface area (Å²) in [5, 5.41) is 5.91. The number of aromatic nitrogens is 4. The summed E-state index contributed by atoms with van der Waals surface area (Å²) < 4.78 is 13.1. The van der Waals surface area contributed by atoms with Crippen LogP contribution in [0.2, 0.25) is 0 Å². The van der Waals surface area contributed by atoms with Gasteiger partial charge in [-0.2, -0.15) is 0 Å². The number of halogens is 1. The normalized spacial score (nSPS) is 17.1. The zero-order chi connectivity index (χ0) is 22.0. The van der Waals surface area contributed by atoms with Gasteiger partial charge in [-0.15, -0.1) is 0 Å². The molecule has 2 atom stereocenters. The van der Waals surface area contributed by atoms with E-state index in [1.165, 1.54) is 6.33 Å². The van der Waals surface area contributed by atoms with Crippen molar-refractivity contribution in [2.75, 3.05) is 10.6 Å². The van der Waals surface area contributed by atoms with Gasteiger partial charge in [-0.1, -0.05) is 6.92 Å². The van der Waals surface area contributed by atoms with Gasteiger partial charge in [0, 0.05) is 18.7 Å². The molecule has 3 aromatic heterocycles. The highest BCUT2D eigenvalue weighted by molar-refractivity contribution is 5.95.